The van der Waals surface area contributed by atoms with Crippen molar-refractivity contribution in [1.29, 1.82) is 0 Å². The van der Waals surface area contributed by atoms with Gasteiger partial charge in [0.15, 0.2) is 5.96 Å². The van der Waals surface area contributed by atoms with Crippen LogP contribution in [-0.2, 0) is 17.4 Å². The summed E-state index contributed by atoms with van der Waals surface area (Å²) in [5.41, 5.74) is -0.342. The fraction of sp³-hybridized carbons (Fsp3) is 0.800. The number of rotatable bonds is 7. The van der Waals surface area contributed by atoms with Crippen LogP contribution in [-0.4, -0.2) is 76.2 Å². The standard InChI is InChI=1S/C20H38N6O2.HI/c1-8-21-18(23-14-20(6,27)17-9-24-25(7)12-17)22-13-19(4,5)26-10-15(2)28-16(3)11-26;/h9,12,15-16,27H,8,10-11,13-14H2,1-7H3,(H2,21,22,23);1H. The van der Waals surface area contributed by atoms with Gasteiger partial charge in [-0.1, -0.05) is 0 Å². The highest BCUT2D eigenvalue weighted by Gasteiger charge is 2.33. The van der Waals surface area contributed by atoms with Gasteiger partial charge < -0.3 is 20.5 Å². The first-order chi connectivity index (χ1) is 13.0. The molecule has 0 saturated carbocycles. The van der Waals surface area contributed by atoms with E-state index in [-0.39, 0.29) is 41.7 Å². The van der Waals surface area contributed by atoms with Gasteiger partial charge in [-0.15, -0.1) is 24.0 Å². The Balaban J connectivity index is 0.00000420. The number of hydrogen-bond acceptors (Lipinski definition) is 5. The number of aromatic nitrogens is 2. The van der Waals surface area contributed by atoms with Crippen molar-refractivity contribution >= 4 is 29.9 Å². The highest BCUT2D eigenvalue weighted by molar-refractivity contribution is 14.0. The molecule has 3 unspecified atom stereocenters. The molecule has 1 fully saturated rings. The van der Waals surface area contributed by atoms with Crippen LogP contribution in [0.5, 0.6) is 0 Å². The lowest BCUT2D eigenvalue weighted by molar-refractivity contribution is -0.0939. The molecule has 1 aromatic heterocycles. The summed E-state index contributed by atoms with van der Waals surface area (Å²) in [6, 6.07) is 0. The van der Waals surface area contributed by atoms with E-state index in [4.69, 9.17) is 9.73 Å². The molecule has 1 saturated heterocycles. The minimum absolute atomic E-state index is 0. The quantitative estimate of drug-likeness (QED) is 0.287. The Bertz CT molecular complexity index is 651. The average Bonchev–Trinajstić information content (AvgIpc) is 3.04. The Morgan fingerprint density at radius 2 is 1.90 bits per heavy atom. The molecular weight excluding hydrogens is 483 g/mol. The maximum atomic E-state index is 10.8. The smallest absolute Gasteiger partial charge is 0.191 e. The summed E-state index contributed by atoms with van der Waals surface area (Å²) in [6.45, 7) is 16.1. The number of aliphatic imine (C=N–C) groups is 1. The van der Waals surface area contributed by atoms with E-state index in [2.05, 4.69) is 48.3 Å². The van der Waals surface area contributed by atoms with E-state index >= 15 is 0 Å². The predicted octanol–water partition coefficient (Wildman–Crippen LogP) is 1.69. The zero-order valence-corrected chi connectivity index (χ0v) is 21.2. The number of aliphatic hydroxyl groups is 1. The van der Waals surface area contributed by atoms with Crippen LogP contribution in [0.25, 0.3) is 0 Å². The molecule has 3 N–H and O–H groups in total. The van der Waals surface area contributed by atoms with Crippen molar-refractivity contribution in [3.8, 4) is 0 Å². The average molecular weight is 522 g/mol. The first kappa shape index (κ1) is 26.1. The molecule has 3 atom stereocenters. The Labute approximate surface area is 192 Å². The van der Waals surface area contributed by atoms with Gasteiger partial charge in [-0.25, -0.2) is 0 Å². The first-order valence-corrected chi connectivity index (χ1v) is 10.2. The van der Waals surface area contributed by atoms with Crippen molar-refractivity contribution in [3.05, 3.63) is 18.0 Å². The van der Waals surface area contributed by atoms with Crippen LogP contribution in [0, 0.1) is 0 Å². The van der Waals surface area contributed by atoms with E-state index in [0.717, 1.165) is 25.2 Å². The fourth-order valence-corrected chi connectivity index (χ4v) is 3.44. The third-order valence-electron chi connectivity index (χ3n) is 5.17. The minimum atomic E-state index is -1.03. The Hall–Kier alpha value is -0.910. The molecule has 1 aliphatic heterocycles. The van der Waals surface area contributed by atoms with Gasteiger partial charge in [0.25, 0.3) is 0 Å². The van der Waals surface area contributed by atoms with Crippen LogP contribution >= 0.6 is 24.0 Å². The summed E-state index contributed by atoms with van der Waals surface area (Å²) in [7, 11) is 1.84. The molecule has 0 aliphatic carbocycles. The van der Waals surface area contributed by atoms with E-state index in [0.29, 0.717) is 19.0 Å². The lowest BCUT2D eigenvalue weighted by atomic mass is 10.00. The summed E-state index contributed by atoms with van der Waals surface area (Å²) in [5, 5.41) is 21.5. The van der Waals surface area contributed by atoms with Crippen molar-refractivity contribution in [2.24, 2.45) is 12.0 Å². The third-order valence-corrected chi connectivity index (χ3v) is 5.17. The zero-order chi connectivity index (χ0) is 20.9. The number of morpholine rings is 1. The molecule has 1 aromatic rings. The fourth-order valence-electron chi connectivity index (χ4n) is 3.44. The number of halogens is 1. The minimum Gasteiger partial charge on any atom is -0.383 e. The van der Waals surface area contributed by atoms with Crippen LogP contribution in [0.2, 0.25) is 0 Å². The summed E-state index contributed by atoms with van der Waals surface area (Å²) >= 11 is 0. The zero-order valence-electron chi connectivity index (χ0n) is 18.9. The van der Waals surface area contributed by atoms with Crippen molar-refractivity contribution < 1.29 is 9.84 Å². The molecule has 8 nitrogen and oxygen atoms in total. The summed E-state index contributed by atoms with van der Waals surface area (Å²) in [6.07, 6.45) is 3.98. The highest BCUT2D eigenvalue weighted by atomic mass is 127. The summed E-state index contributed by atoms with van der Waals surface area (Å²) in [5.74, 6) is 0.703. The topological polar surface area (TPSA) is 86.9 Å². The van der Waals surface area contributed by atoms with Crippen LogP contribution in [0.1, 0.15) is 47.1 Å². The van der Waals surface area contributed by atoms with Gasteiger partial charge in [-0.3, -0.25) is 14.6 Å². The van der Waals surface area contributed by atoms with Crippen molar-refractivity contribution in [2.75, 3.05) is 32.7 Å². The number of aryl methyl sites for hydroxylation is 1. The van der Waals surface area contributed by atoms with Gasteiger partial charge in [0, 0.05) is 44.0 Å². The second-order valence-electron chi connectivity index (χ2n) is 8.70. The van der Waals surface area contributed by atoms with Gasteiger partial charge in [0.2, 0.25) is 0 Å². The molecule has 2 rings (SSSR count). The molecule has 0 amide bonds. The van der Waals surface area contributed by atoms with Gasteiger partial charge in [0.05, 0.1) is 31.5 Å². The van der Waals surface area contributed by atoms with E-state index in [1.54, 1.807) is 17.8 Å². The largest absolute Gasteiger partial charge is 0.383 e. The molecule has 0 spiro atoms. The monoisotopic (exact) mass is 522 g/mol. The predicted molar refractivity (Wildman–Crippen MR) is 128 cm³/mol. The van der Waals surface area contributed by atoms with Crippen LogP contribution in [0.4, 0.5) is 0 Å². The second-order valence-corrected chi connectivity index (χ2v) is 8.70. The van der Waals surface area contributed by atoms with E-state index in [9.17, 15) is 5.11 Å². The molecule has 2 heterocycles. The maximum Gasteiger partial charge on any atom is 0.191 e. The number of nitrogens with one attached hydrogen (secondary N) is 2. The molecule has 0 radical (unpaired) electrons. The molecule has 0 bridgehead atoms. The van der Waals surface area contributed by atoms with Crippen molar-refractivity contribution in [3.63, 3.8) is 0 Å². The first-order valence-electron chi connectivity index (χ1n) is 10.2. The molecule has 1 aliphatic rings. The lowest BCUT2D eigenvalue weighted by Gasteiger charge is -2.44. The summed E-state index contributed by atoms with van der Waals surface area (Å²) < 4.78 is 7.55. The molecular formula is C20H39IN6O2. The molecule has 168 valence electrons. The van der Waals surface area contributed by atoms with Crippen LogP contribution in [0.3, 0.4) is 0 Å². The number of ether oxygens (including phenoxy) is 1. The van der Waals surface area contributed by atoms with Gasteiger partial charge >= 0.3 is 0 Å². The van der Waals surface area contributed by atoms with E-state index in [1.807, 2.05) is 20.2 Å². The van der Waals surface area contributed by atoms with Crippen LogP contribution < -0.4 is 10.6 Å². The number of guanidine groups is 1. The van der Waals surface area contributed by atoms with Crippen LogP contribution in [0.15, 0.2) is 17.4 Å². The number of hydrogen-bond donors (Lipinski definition) is 3. The molecule has 0 aromatic carbocycles. The summed E-state index contributed by atoms with van der Waals surface area (Å²) in [4.78, 5) is 7.24. The van der Waals surface area contributed by atoms with Crippen molar-refractivity contribution in [2.45, 2.75) is 64.9 Å². The maximum absolute atomic E-state index is 10.8. The molecule has 29 heavy (non-hydrogen) atoms. The number of nitrogens with zero attached hydrogens (tertiary/aromatic N) is 4. The highest BCUT2D eigenvalue weighted by Crippen LogP contribution is 2.22. The SMILES string of the molecule is CCNC(=NCC(C)(C)N1CC(C)OC(C)C1)NCC(C)(O)c1cnn(C)c1.I. The lowest BCUT2D eigenvalue weighted by Crippen LogP contribution is -2.56. The van der Waals surface area contributed by atoms with Gasteiger partial charge in [0.1, 0.15) is 5.60 Å². The van der Waals surface area contributed by atoms with E-state index < -0.39 is 5.60 Å². The Morgan fingerprint density at radius 1 is 1.28 bits per heavy atom. The van der Waals surface area contributed by atoms with Crippen molar-refractivity contribution in [1.82, 2.24) is 25.3 Å². The normalized spacial score (nSPS) is 23.2. The van der Waals surface area contributed by atoms with Gasteiger partial charge in [-0.2, -0.15) is 5.10 Å². The second kappa shape index (κ2) is 10.9. The Morgan fingerprint density at radius 3 is 2.41 bits per heavy atom. The Kier molecular flexibility index (Phi) is 9.84. The third kappa shape index (κ3) is 7.69. The van der Waals surface area contributed by atoms with Gasteiger partial charge in [-0.05, 0) is 41.5 Å². The van der Waals surface area contributed by atoms with E-state index in [1.165, 1.54) is 0 Å². The molecule has 9 heteroatoms.